The number of likely N-dealkylation sites (tertiary alicyclic amines) is 1. The van der Waals surface area contributed by atoms with Crippen LogP contribution in [0.5, 0.6) is 5.75 Å². The first kappa shape index (κ1) is 54.7. The van der Waals surface area contributed by atoms with Crippen LogP contribution in [-0.4, -0.2) is 101 Å². The van der Waals surface area contributed by atoms with Gasteiger partial charge in [-0.25, -0.2) is 18.4 Å². The average molecular weight is 1030 g/mol. The number of aromatic nitrogens is 3. The molecule has 71 heavy (non-hydrogen) atoms. The fourth-order valence-electron chi connectivity index (χ4n) is 8.41. The molecule has 382 valence electrons. The fourth-order valence-corrected chi connectivity index (χ4v) is 10.6. The molecular weight excluding hydrogens is 962 g/mol. The molecule has 1 aliphatic heterocycles. The number of ether oxygens (including phenoxy) is 1. The van der Waals surface area contributed by atoms with Crippen LogP contribution >= 0.6 is 22.9 Å². The zero-order chi connectivity index (χ0) is 51.6. The SMILES string of the molecule is COc1cc(CCNCCCCCC(=O)N[C@H](C(=O)N2C[C@H](O)C[C@H]2C(=O)N[C@@H](C)c2ccc(-c3scnc3C)cc2)C(C)(C)C)c(C)cc1Nc1ncc(Cl)c(Nc2ccccc2S(=O)(=O)C(C)C)n1. The minimum absolute atomic E-state index is 0.00682. The average Bonchev–Trinajstić information content (AvgIpc) is 3.95. The second-order valence-electron chi connectivity index (χ2n) is 19.4. The van der Waals surface area contributed by atoms with Crippen LogP contribution in [-0.2, 0) is 30.6 Å². The second kappa shape index (κ2) is 24.2. The molecule has 0 unspecified atom stereocenters. The number of methoxy groups -OCH3 is 1. The van der Waals surface area contributed by atoms with Crippen molar-refractivity contribution < 1.29 is 32.6 Å². The summed E-state index contributed by atoms with van der Waals surface area (Å²) in [6.45, 7) is 16.3. The van der Waals surface area contributed by atoms with Crippen LogP contribution in [0.4, 0.5) is 23.1 Å². The van der Waals surface area contributed by atoms with Gasteiger partial charge in [0.05, 0.1) is 63.1 Å². The van der Waals surface area contributed by atoms with Crippen molar-refractivity contribution in [3.8, 4) is 16.2 Å². The van der Waals surface area contributed by atoms with Crippen molar-refractivity contribution in [3.05, 3.63) is 99.8 Å². The molecule has 4 atom stereocenters. The van der Waals surface area contributed by atoms with Crippen molar-refractivity contribution in [1.29, 1.82) is 0 Å². The highest BCUT2D eigenvalue weighted by atomic mass is 35.5. The number of carbonyl (C=O) groups is 3. The van der Waals surface area contributed by atoms with Crippen molar-refractivity contribution >= 4 is 73.6 Å². The topological polar surface area (TPSA) is 217 Å². The molecule has 6 rings (SSSR count). The third kappa shape index (κ3) is 14.1. The largest absolute Gasteiger partial charge is 0.495 e. The summed E-state index contributed by atoms with van der Waals surface area (Å²) in [5.41, 5.74) is 7.22. The van der Waals surface area contributed by atoms with E-state index < -0.39 is 38.7 Å². The molecular formula is C52H68ClN9O7S2. The summed E-state index contributed by atoms with van der Waals surface area (Å²) in [7, 11) is -2.00. The first-order valence-corrected chi connectivity index (χ1v) is 26.8. The molecule has 0 aliphatic carbocycles. The number of sulfone groups is 1. The number of aryl methyl sites for hydroxylation is 2. The third-order valence-electron chi connectivity index (χ3n) is 12.6. The lowest BCUT2D eigenvalue weighted by atomic mass is 9.85. The number of halogens is 1. The number of hydrogen-bond acceptors (Lipinski definition) is 14. The Hall–Kier alpha value is -5.66. The van der Waals surface area contributed by atoms with E-state index in [2.05, 4.69) is 41.5 Å². The molecule has 3 heterocycles. The van der Waals surface area contributed by atoms with Crippen LogP contribution in [0.25, 0.3) is 10.4 Å². The molecule has 19 heteroatoms. The van der Waals surface area contributed by atoms with Gasteiger partial charge in [-0.05, 0) is 119 Å². The molecule has 3 aromatic carbocycles. The van der Waals surface area contributed by atoms with E-state index in [4.69, 9.17) is 16.3 Å². The second-order valence-corrected chi connectivity index (χ2v) is 23.1. The van der Waals surface area contributed by atoms with E-state index in [0.717, 1.165) is 65.2 Å². The number of β-amino-alcohol motifs (C(OH)–C–C–N with tert-alkyl or cyclic N) is 1. The minimum Gasteiger partial charge on any atom is -0.495 e. The van der Waals surface area contributed by atoms with E-state index in [-0.39, 0.29) is 64.8 Å². The number of hydrogen-bond donors (Lipinski definition) is 6. The van der Waals surface area contributed by atoms with E-state index in [1.807, 2.05) is 83.5 Å². The van der Waals surface area contributed by atoms with E-state index in [1.165, 1.54) is 11.1 Å². The Kier molecular flexibility index (Phi) is 18.6. The highest BCUT2D eigenvalue weighted by Gasteiger charge is 2.44. The van der Waals surface area contributed by atoms with E-state index in [1.54, 1.807) is 56.6 Å². The summed E-state index contributed by atoms with van der Waals surface area (Å²) in [5.74, 6) is 0.0916. The first-order chi connectivity index (χ1) is 33.7. The lowest BCUT2D eigenvalue weighted by Crippen LogP contribution is -2.57. The van der Waals surface area contributed by atoms with Crippen molar-refractivity contribution in [1.82, 2.24) is 35.8 Å². The highest BCUT2D eigenvalue weighted by Crippen LogP contribution is 2.34. The zero-order valence-electron chi connectivity index (χ0n) is 42.1. The smallest absolute Gasteiger partial charge is 0.246 e. The summed E-state index contributed by atoms with van der Waals surface area (Å²) in [6.07, 6.45) is 3.99. The monoisotopic (exact) mass is 1030 g/mol. The number of benzene rings is 3. The number of carbonyl (C=O) groups excluding carboxylic acids is 3. The number of aliphatic hydroxyl groups is 1. The van der Waals surface area contributed by atoms with E-state index in [9.17, 15) is 27.9 Å². The molecule has 0 radical (unpaired) electrons. The molecule has 1 aliphatic rings. The number of aliphatic hydroxyl groups excluding tert-OH is 1. The van der Waals surface area contributed by atoms with Gasteiger partial charge in [0.25, 0.3) is 0 Å². The van der Waals surface area contributed by atoms with Gasteiger partial charge in [-0.15, -0.1) is 11.3 Å². The summed E-state index contributed by atoms with van der Waals surface area (Å²) in [6, 6.07) is 16.4. The van der Waals surface area contributed by atoms with E-state index in [0.29, 0.717) is 23.5 Å². The Labute approximate surface area is 427 Å². The summed E-state index contributed by atoms with van der Waals surface area (Å²) in [4.78, 5) is 57.0. The van der Waals surface area contributed by atoms with Gasteiger partial charge in [0.2, 0.25) is 23.7 Å². The number of unbranched alkanes of at least 4 members (excludes halogenated alkanes) is 2. The zero-order valence-corrected chi connectivity index (χ0v) is 44.4. The van der Waals surface area contributed by atoms with Crippen LogP contribution in [0.1, 0.15) is 102 Å². The molecule has 6 N–H and O–H groups in total. The molecule has 3 amide bonds. The van der Waals surface area contributed by atoms with Gasteiger partial charge < -0.3 is 41.3 Å². The van der Waals surface area contributed by atoms with Gasteiger partial charge in [0, 0.05) is 19.4 Å². The van der Waals surface area contributed by atoms with Crippen molar-refractivity contribution in [2.45, 2.75) is 128 Å². The lowest BCUT2D eigenvalue weighted by molar-refractivity contribution is -0.144. The van der Waals surface area contributed by atoms with Crippen LogP contribution in [0, 0.1) is 19.3 Å². The number of amides is 3. The van der Waals surface area contributed by atoms with Gasteiger partial charge in [-0.2, -0.15) is 4.98 Å². The van der Waals surface area contributed by atoms with E-state index >= 15 is 0 Å². The number of nitrogens with one attached hydrogen (secondary N) is 5. The number of para-hydroxylation sites is 1. The predicted molar refractivity (Wildman–Crippen MR) is 281 cm³/mol. The Morgan fingerprint density at radius 2 is 1.68 bits per heavy atom. The van der Waals surface area contributed by atoms with Crippen LogP contribution in [0.3, 0.4) is 0 Å². The van der Waals surface area contributed by atoms with Gasteiger partial charge >= 0.3 is 0 Å². The molecule has 0 bridgehead atoms. The maximum absolute atomic E-state index is 14.1. The molecule has 1 saturated heterocycles. The standard InChI is InChI=1S/C52H68ClN9O7S2/c1-31(2)71(67,68)44-16-13-12-15-40(44)58-48-39(53)28-55-51(61-48)59-41-25-32(3)37(26-43(41)69-9)22-24-54-23-14-10-11-17-45(64)60-47(52(6,7)8)50(66)62-29-38(63)27-42(62)49(65)57-33(4)35-18-20-36(21-19-35)46-34(5)56-30-70-46/h12-13,15-16,18-21,25-26,28,30-31,33,38,42,47,54,63H,10-11,14,17,22-24,27,29H2,1-9H3,(H,57,65)(H,60,64)(H2,55,58,59,61)/t33-,38+,42-,47+/m0/s1. The number of nitrogens with zero attached hydrogens (tertiary/aromatic N) is 4. The molecule has 5 aromatic rings. The van der Waals surface area contributed by atoms with Crippen molar-refractivity contribution in [2.24, 2.45) is 5.41 Å². The number of anilines is 4. The molecule has 2 aromatic heterocycles. The molecule has 0 spiro atoms. The normalized spacial score (nSPS) is 15.9. The Morgan fingerprint density at radius 3 is 2.35 bits per heavy atom. The Bertz CT molecular complexity index is 2760. The molecule has 0 saturated carbocycles. The third-order valence-corrected chi connectivity index (χ3v) is 16.1. The van der Waals surface area contributed by atoms with Crippen molar-refractivity contribution in [3.63, 3.8) is 0 Å². The predicted octanol–water partition coefficient (Wildman–Crippen LogP) is 8.61. The van der Waals surface area contributed by atoms with Crippen LogP contribution in [0.15, 0.2) is 77.3 Å². The highest BCUT2D eigenvalue weighted by molar-refractivity contribution is 7.92. The maximum Gasteiger partial charge on any atom is 0.246 e. The summed E-state index contributed by atoms with van der Waals surface area (Å²) < 4.78 is 31.8. The van der Waals surface area contributed by atoms with Crippen LogP contribution < -0.4 is 31.3 Å². The van der Waals surface area contributed by atoms with Gasteiger partial charge in [-0.3, -0.25) is 14.4 Å². The molecule has 1 fully saturated rings. The Balaban J connectivity index is 0.943. The quantitative estimate of drug-likeness (QED) is 0.0359. The minimum atomic E-state index is -3.58. The van der Waals surface area contributed by atoms with Gasteiger partial charge in [0.15, 0.2) is 15.7 Å². The fraction of sp³-hybridized carbons (Fsp3) is 0.462. The van der Waals surface area contributed by atoms with Crippen molar-refractivity contribution in [2.75, 3.05) is 37.4 Å². The lowest BCUT2D eigenvalue weighted by Gasteiger charge is -2.35. The van der Waals surface area contributed by atoms with Gasteiger partial charge in [0.1, 0.15) is 22.9 Å². The summed E-state index contributed by atoms with van der Waals surface area (Å²) >= 11 is 8.04. The number of rotatable bonds is 22. The first-order valence-electron chi connectivity index (χ1n) is 24.0. The maximum atomic E-state index is 14.1. The van der Waals surface area contributed by atoms with Crippen LogP contribution in [0.2, 0.25) is 5.02 Å². The number of thiazole rings is 1. The Morgan fingerprint density at radius 1 is 0.944 bits per heavy atom. The molecule has 16 nitrogen and oxygen atoms in total. The van der Waals surface area contributed by atoms with Gasteiger partial charge in [-0.1, -0.05) is 75.2 Å². The summed E-state index contributed by atoms with van der Waals surface area (Å²) in [5, 5.41) is 26.1.